The highest BCUT2D eigenvalue weighted by Crippen LogP contribution is 2.20. The molecule has 4 nitrogen and oxygen atoms in total. The number of nitrogens with zero attached hydrogens (tertiary/aromatic N) is 1. The Balaban J connectivity index is 2.12. The molecular weight excluding hydrogens is 240 g/mol. The summed E-state index contributed by atoms with van der Waals surface area (Å²) in [6.07, 6.45) is 0. The Morgan fingerprint density at radius 3 is 2.95 bits per heavy atom. The summed E-state index contributed by atoms with van der Waals surface area (Å²) in [5, 5.41) is 3.28. The largest absolute Gasteiger partial charge is 0.494 e. The van der Waals surface area contributed by atoms with Gasteiger partial charge in [0, 0.05) is 25.2 Å². The summed E-state index contributed by atoms with van der Waals surface area (Å²) >= 11 is 0. The van der Waals surface area contributed by atoms with Crippen molar-refractivity contribution in [2.24, 2.45) is 0 Å². The second kappa shape index (κ2) is 6.17. The number of rotatable bonds is 4. The Morgan fingerprint density at radius 2 is 2.32 bits per heavy atom. The molecule has 1 aromatic rings. The normalized spacial score (nSPS) is 20.3. The van der Waals surface area contributed by atoms with E-state index in [2.05, 4.69) is 10.2 Å². The minimum atomic E-state index is -0.101. The molecule has 4 heteroatoms. The highest BCUT2D eigenvalue weighted by Gasteiger charge is 2.24. The molecule has 0 saturated carbocycles. The van der Waals surface area contributed by atoms with E-state index in [1.807, 2.05) is 39.1 Å². The van der Waals surface area contributed by atoms with Crippen LogP contribution in [0, 0.1) is 6.92 Å². The minimum absolute atomic E-state index is 0.101. The molecule has 0 bridgehead atoms. The predicted molar refractivity (Wildman–Crippen MR) is 76.0 cm³/mol. The summed E-state index contributed by atoms with van der Waals surface area (Å²) in [6.45, 7) is 7.20. The highest BCUT2D eigenvalue weighted by molar-refractivity contribution is 6.00. The number of ether oxygens (including phenoxy) is 1. The molecule has 104 valence electrons. The van der Waals surface area contributed by atoms with Crippen LogP contribution < -0.4 is 10.1 Å². The monoisotopic (exact) mass is 262 g/mol. The van der Waals surface area contributed by atoms with Crippen LogP contribution in [0.15, 0.2) is 18.2 Å². The van der Waals surface area contributed by atoms with Gasteiger partial charge in [0.05, 0.1) is 12.6 Å². The van der Waals surface area contributed by atoms with Crippen LogP contribution in [0.1, 0.15) is 22.8 Å². The van der Waals surface area contributed by atoms with Crippen molar-refractivity contribution >= 4 is 5.78 Å². The van der Waals surface area contributed by atoms with Crippen LogP contribution in [0.25, 0.3) is 0 Å². The summed E-state index contributed by atoms with van der Waals surface area (Å²) in [5.41, 5.74) is 1.77. The Labute approximate surface area is 114 Å². The Kier molecular flexibility index (Phi) is 4.56. The summed E-state index contributed by atoms with van der Waals surface area (Å²) in [6, 6.07) is 5.56. The molecule has 1 heterocycles. The lowest BCUT2D eigenvalue weighted by Crippen LogP contribution is -2.52. The molecule has 1 saturated heterocycles. The van der Waals surface area contributed by atoms with Crippen molar-refractivity contribution in [2.45, 2.75) is 19.9 Å². The van der Waals surface area contributed by atoms with Crippen molar-refractivity contribution in [1.29, 1.82) is 0 Å². The summed E-state index contributed by atoms with van der Waals surface area (Å²) < 4.78 is 5.50. The topological polar surface area (TPSA) is 41.6 Å². The maximum atomic E-state index is 12.4. The van der Waals surface area contributed by atoms with Crippen molar-refractivity contribution in [3.63, 3.8) is 0 Å². The van der Waals surface area contributed by atoms with E-state index in [4.69, 9.17) is 4.74 Å². The summed E-state index contributed by atoms with van der Waals surface area (Å²) in [5.74, 6) is 1.02. The molecule has 1 atom stereocenters. The SMILES string of the molecule is CCOc1ccc(C(=O)C2CN(C)CCN2)cc1C. The van der Waals surface area contributed by atoms with Gasteiger partial charge in [0.15, 0.2) is 5.78 Å². The van der Waals surface area contributed by atoms with Gasteiger partial charge >= 0.3 is 0 Å². The quantitative estimate of drug-likeness (QED) is 0.835. The Bertz CT molecular complexity index is 459. The van der Waals surface area contributed by atoms with Crippen molar-refractivity contribution < 1.29 is 9.53 Å². The smallest absolute Gasteiger partial charge is 0.181 e. The Hall–Kier alpha value is -1.39. The maximum Gasteiger partial charge on any atom is 0.181 e. The lowest BCUT2D eigenvalue weighted by atomic mass is 10.0. The second-order valence-corrected chi connectivity index (χ2v) is 5.05. The molecule has 0 aliphatic carbocycles. The summed E-state index contributed by atoms with van der Waals surface area (Å²) in [4.78, 5) is 14.6. The van der Waals surface area contributed by atoms with Crippen molar-refractivity contribution in [3.05, 3.63) is 29.3 Å². The van der Waals surface area contributed by atoms with Crippen LogP contribution >= 0.6 is 0 Å². The summed E-state index contributed by atoms with van der Waals surface area (Å²) in [7, 11) is 2.05. The molecule has 1 fully saturated rings. The van der Waals surface area contributed by atoms with E-state index in [1.165, 1.54) is 0 Å². The van der Waals surface area contributed by atoms with Gasteiger partial charge in [0.1, 0.15) is 5.75 Å². The molecule has 19 heavy (non-hydrogen) atoms. The van der Waals surface area contributed by atoms with Gasteiger partial charge in [-0.15, -0.1) is 0 Å². The second-order valence-electron chi connectivity index (χ2n) is 5.05. The third-order valence-electron chi connectivity index (χ3n) is 3.45. The number of nitrogens with one attached hydrogen (secondary N) is 1. The number of piperazine rings is 1. The van der Waals surface area contributed by atoms with Gasteiger partial charge in [0.25, 0.3) is 0 Å². The number of hydrogen-bond acceptors (Lipinski definition) is 4. The first kappa shape index (κ1) is 14.0. The van der Waals surface area contributed by atoms with Gasteiger partial charge in [-0.05, 0) is 44.7 Å². The van der Waals surface area contributed by atoms with Gasteiger partial charge in [-0.3, -0.25) is 4.79 Å². The molecule has 1 unspecified atom stereocenters. The fraction of sp³-hybridized carbons (Fsp3) is 0.533. The van der Waals surface area contributed by atoms with E-state index in [0.717, 1.165) is 36.5 Å². The van der Waals surface area contributed by atoms with E-state index >= 15 is 0 Å². The van der Waals surface area contributed by atoms with Crippen LogP contribution in [-0.4, -0.2) is 50.0 Å². The molecule has 0 spiro atoms. The third-order valence-corrected chi connectivity index (χ3v) is 3.45. The predicted octanol–water partition coefficient (Wildman–Crippen LogP) is 1.48. The van der Waals surface area contributed by atoms with Crippen LogP contribution in [-0.2, 0) is 0 Å². The first-order valence-electron chi connectivity index (χ1n) is 6.81. The Morgan fingerprint density at radius 1 is 1.53 bits per heavy atom. The molecule has 1 aliphatic rings. The molecule has 1 aromatic carbocycles. The van der Waals surface area contributed by atoms with E-state index in [1.54, 1.807) is 0 Å². The average molecular weight is 262 g/mol. The average Bonchev–Trinajstić information content (AvgIpc) is 2.40. The molecule has 1 N–H and O–H groups in total. The van der Waals surface area contributed by atoms with E-state index in [-0.39, 0.29) is 11.8 Å². The van der Waals surface area contributed by atoms with Crippen molar-refractivity contribution in [1.82, 2.24) is 10.2 Å². The molecule has 1 aliphatic heterocycles. The number of aryl methyl sites for hydroxylation is 1. The molecule has 0 radical (unpaired) electrons. The molecule has 0 amide bonds. The minimum Gasteiger partial charge on any atom is -0.494 e. The number of carbonyl (C=O) groups is 1. The van der Waals surface area contributed by atoms with E-state index in [0.29, 0.717) is 6.61 Å². The lowest BCUT2D eigenvalue weighted by Gasteiger charge is -2.30. The van der Waals surface area contributed by atoms with Gasteiger partial charge < -0.3 is 15.0 Å². The molecular formula is C15H22N2O2. The number of hydrogen-bond donors (Lipinski definition) is 1. The van der Waals surface area contributed by atoms with Crippen LogP contribution in [0.5, 0.6) is 5.75 Å². The van der Waals surface area contributed by atoms with Gasteiger partial charge in [-0.2, -0.15) is 0 Å². The zero-order valence-electron chi connectivity index (χ0n) is 11.9. The van der Waals surface area contributed by atoms with Crippen molar-refractivity contribution in [3.8, 4) is 5.75 Å². The zero-order chi connectivity index (χ0) is 13.8. The van der Waals surface area contributed by atoms with Crippen LogP contribution in [0.2, 0.25) is 0 Å². The highest BCUT2D eigenvalue weighted by atomic mass is 16.5. The zero-order valence-corrected chi connectivity index (χ0v) is 11.9. The van der Waals surface area contributed by atoms with Gasteiger partial charge in [-0.1, -0.05) is 0 Å². The number of likely N-dealkylation sites (N-methyl/N-ethyl adjacent to an activating group) is 1. The van der Waals surface area contributed by atoms with Crippen LogP contribution in [0.3, 0.4) is 0 Å². The van der Waals surface area contributed by atoms with Crippen molar-refractivity contribution in [2.75, 3.05) is 33.3 Å². The third kappa shape index (κ3) is 3.33. The van der Waals surface area contributed by atoms with Gasteiger partial charge in [-0.25, -0.2) is 0 Å². The first-order valence-corrected chi connectivity index (χ1v) is 6.81. The number of ketones is 1. The van der Waals surface area contributed by atoms with Gasteiger partial charge in [0.2, 0.25) is 0 Å². The maximum absolute atomic E-state index is 12.4. The number of carbonyl (C=O) groups excluding carboxylic acids is 1. The molecule has 0 aromatic heterocycles. The fourth-order valence-electron chi connectivity index (χ4n) is 2.39. The standard InChI is InChI=1S/C15H22N2O2/c1-4-19-14-6-5-12(9-11(14)2)15(18)13-10-17(3)8-7-16-13/h5-6,9,13,16H,4,7-8,10H2,1-3H3. The molecule has 2 rings (SSSR count). The van der Waals surface area contributed by atoms with Crippen LogP contribution in [0.4, 0.5) is 0 Å². The number of benzene rings is 1. The van der Waals surface area contributed by atoms with E-state index < -0.39 is 0 Å². The van der Waals surface area contributed by atoms with E-state index in [9.17, 15) is 4.79 Å². The fourth-order valence-corrected chi connectivity index (χ4v) is 2.39. The lowest BCUT2D eigenvalue weighted by molar-refractivity contribution is 0.0894. The first-order chi connectivity index (χ1) is 9.11. The number of Topliss-reactive ketones (excluding diaryl/α,β-unsaturated/α-hetero) is 1.